The van der Waals surface area contributed by atoms with Crippen LogP contribution in [0.5, 0.6) is 0 Å². The molecule has 0 aliphatic heterocycles. The number of aliphatic hydroxyl groups is 3. The topological polar surface area (TPSA) is 247 Å². The Morgan fingerprint density at radius 2 is 0.953 bits per heavy atom. The molecule has 0 bridgehead atoms. The van der Waals surface area contributed by atoms with Gasteiger partial charge in [0.15, 0.2) is 0 Å². The maximum atomic E-state index is 10.5. The van der Waals surface area contributed by atoms with E-state index >= 15 is 0 Å². The second-order valence-electron chi connectivity index (χ2n) is 19.8. The van der Waals surface area contributed by atoms with Crippen LogP contribution in [0.2, 0.25) is 0 Å². The molecule has 0 radical (unpaired) electrons. The summed E-state index contributed by atoms with van der Waals surface area (Å²) in [6.45, 7) is 1.80. The van der Waals surface area contributed by atoms with E-state index in [4.69, 9.17) is 47.9 Å². The molecule has 0 aromatic rings. The monoisotopic (exact) mass is 1540 g/mol. The minimum Gasteiger partial charge on any atom is -0.466 e. The van der Waals surface area contributed by atoms with Crippen molar-refractivity contribution in [3.8, 4) is 29.1 Å². The van der Waals surface area contributed by atoms with Gasteiger partial charge in [-0.3, -0.25) is 13.8 Å². The molecule has 6 N–H and O–H groups in total. The Balaban J connectivity index is -0.0000000556. The molecule has 14 nitrogen and oxygen atoms in total. The molecule has 0 aromatic carbocycles. The molecule has 0 amide bonds. The molecular formula is C65H124ClFe2N3O11Ru2S2. The molecule has 8 aliphatic carbocycles. The van der Waals surface area contributed by atoms with Crippen molar-refractivity contribution in [2.45, 2.75) is 230 Å². The number of nitrogens with zero attached hydrogens (tertiary/aromatic N) is 2. The number of carbonyl (C=O) groups is 3. The fourth-order valence-corrected chi connectivity index (χ4v) is 10.6. The van der Waals surface area contributed by atoms with Gasteiger partial charge in [0, 0.05) is 48.7 Å². The first-order valence-corrected chi connectivity index (χ1v) is 31.2. The number of hydrogen-bond acceptors (Lipinski definition) is 15. The first-order valence-electron chi connectivity index (χ1n) is 28.1. The van der Waals surface area contributed by atoms with Gasteiger partial charge >= 0.3 is 79.1 Å². The Hall–Kier alpha value is -0.434. The third-order valence-electron chi connectivity index (χ3n) is 13.7. The van der Waals surface area contributed by atoms with Crippen LogP contribution in [-0.4, -0.2) is 104 Å². The maximum absolute atomic E-state index is 10.5. The van der Waals surface area contributed by atoms with Gasteiger partial charge in [-0.1, -0.05) is 191 Å². The molecule has 8 saturated carbocycles. The standard InChI is InChI=1S/C9H14O3.C7H13NO2.C6H9ClO.C6H9NS.C5H8O4S.4C5H10.C4H7NO.8CH3.2Fe.2Ru/c1-7(11)12-6-9-4-2-3-8(9)5-10;9-5-7-3-1-2-6(7)4-8-10;7-6(8)5-3-1-2-4-5;7-5-8-6-3-1-2-4-6;1-10(7,8)9-5-3-2-4-6;4*1-2-4-5-3-1;5-3-1-2-4-6;;;;;;;;;;;;/h5,8-9H,2-4,6H2,1H3;4,6-7,9-10H,1-3,5H2;5H,1-4H2;6H,1-4H2;6H,4-5H2,1H3;4*1-5H2;6H,3-5H2;8*1H3;;;;/q;;;;;;;;;;8*-1;4*+2/b;8-4+;;;;;;;;;;;;;;;;;;;;. The van der Waals surface area contributed by atoms with E-state index in [0.717, 1.165) is 63.9 Å². The van der Waals surface area contributed by atoms with E-state index < -0.39 is 10.1 Å². The molecular weight excluding hydrogens is 1410 g/mol. The number of aliphatic hydroxyl groups excluding tert-OH is 3. The van der Waals surface area contributed by atoms with Crippen LogP contribution < -0.4 is 5.73 Å². The zero-order valence-electron chi connectivity index (χ0n) is 55.1. The van der Waals surface area contributed by atoms with E-state index in [1.807, 2.05) is 0 Å². The number of nitrogens with two attached hydrogens (primary N) is 1. The third-order valence-corrected chi connectivity index (χ3v) is 15.4. The van der Waals surface area contributed by atoms with Crippen LogP contribution in [0.1, 0.15) is 225 Å². The van der Waals surface area contributed by atoms with Crippen LogP contribution >= 0.6 is 23.4 Å². The van der Waals surface area contributed by atoms with Gasteiger partial charge in [0.1, 0.15) is 31.5 Å². The number of aldehydes is 1. The Kier molecular flexibility index (Phi) is 126. The molecule has 0 saturated heterocycles. The fourth-order valence-electron chi connectivity index (χ4n) is 9.39. The fraction of sp³-hybridized carbons (Fsp3) is 0.738. The van der Waals surface area contributed by atoms with E-state index in [1.165, 1.54) is 192 Å². The van der Waals surface area contributed by atoms with Crippen molar-refractivity contribution in [3.63, 3.8) is 0 Å². The smallest absolute Gasteiger partial charge is 0.466 e. The van der Waals surface area contributed by atoms with E-state index in [2.05, 4.69) is 38.4 Å². The Morgan fingerprint density at radius 1 is 0.593 bits per heavy atom. The second kappa shape index (κ2) is 91.0. The average molecular weight is 1540 g/mol. The summed E-state index contributed by atoms with van der Waals surface area (Å²) in [6.07, 6.45) is 49.3. The molecule has 8 rings (SSSR count). The van der Waals surface area contributed by atoms with Gasteiger partial charge in [-0.25, -0.2) is 0 Å². The SMILES string of the molecule is C1CCCC1.C1CCCC1.C1CCCC1.C1CCCC1.CC(=O)OCC1CCCC1C=O.CS(=O)(=O)OCC#CCO.N#CSC1CCCC1.NCC#CCO.O=C(Cl)C1CCCC1.OCC1CCCC1/C=N/O.[CH3-].[CH3-].[CH3-].[CH3-].[CH3-].[CH3-].[CH3-].[CH3-].[Fe+2].[Fe+2].[Ru+2].[Ru+2]. The van der Waals surface area contributed by atoms with Crippen molar-refractivity contribution in [2.24, 2.45) is 40.5 Å². The number of nitriles is 1. The van der Waals surface area contributed by atoms with Gasteiger partial charge < -0.3 is 95.2 Å². The van der Waals surface area contributed by atoms with E-state index in [-0.39, 0.29) is 188 Å². The zero-order valence-corrected chi connectivity index (χ0v) is 63.2. The summed E-state index contributed by atoms with van der Waals surface area (Å²) in [5, 5.41) is 47.0. The first kappa shape index (κ1) is 119. The van der Waals surface area contributed by atoms with Gasteiger partial charge in [0.2, 0.25) is 5.24 Å². The van der Waals surface area contributed by atoms with Crippen LogP contribution in [0, 0.1) is 123 Å². The number of rotatable bonds is 9. The summed E-state index contributed by atoms with van der Waals surface area (Å²) in [5.41, 5.74) is 4.93. The zero-order chi connectivity index (χ0) is 55.2. The van der Waals surface area contributed by atoms with E-state index in [1.54, 1.807) is 0 Å². The number of ether oxygens (including phenoxy) is 1. The van der Waals surface area contributed by atoms with Gasteiger partial charge in [0.05, 0.1) is 19.4 Å². The van der Waals surface area contributed by atoms with Crippen molar-refractivity contribution in [3.05, 3.63) is 59.4 Å². The molecule has 0 aromatic heterocycles. The maximum Gasteiger partial charge on any atom is 2.00 e. The number of halogens is 1. The summed E-state index contributed by atoms with van der Waals surface area (Å²) >= 11 is 6.69. The minimum atomic E-state index is -3.39. The summed E-state index contributed by atoms with van der Waals surface area (Å²) in [4.78, 5) is 31.4. The third kappa shape index (κ3) is 83.6. The number of hydrogen-bond donors (Lipinski definition) is 5. The van der Waals surface area contributed by atoms with Crippen LogP contribution in [0.25, 0.3) is 0 Å². The predicted octanol–water partition coefficient (Wildman–Crippen LogP) is 15.4. The second-order valence-corrected chi connectivity index (χ2v) is 22.9. The molecule has 516 valence electrons. The first-order chi connectivity index (χ1) is 35.8. The normalized spacial score (nSPS) is 19.0. The van der Waals surface area contributed by atoms with Gasteiger partial charge in [-0.05, 0) is 80.6 Å². The molecule has 21 heteroatoms. The molecule has 0 heterocycles. The number of oxime groups is 1. The number of carbonyl (C=O) groups excluding carboxylic acids is 3. The number of esters is 1. The Bertz CT molecular complexity index is 1590. The van der Waals surface area contributed by atoms with Crippen molar-refractivity contribution in [2.75, 3.05) is 45.8 Å². The van der Waals surface area contributed by atoms with Crippen molar-refractivity contribution in [1.82, 2.24) is 0 Å². The van der Waals surface area contributed by atoms with Crippen molar-refractivity contribution < 1.29 is 125 Å². The van der Waals surface area contributed by atoms with Gasteiger partial charge in [-0.15, -0.1) is 5.16 Å². The minimum absolute atomic E-state index is 0. The molecule has 4 atom stereocenters. The largest absolute Gasteiger partial charge is 2.00 e. The molecule has 8 fully saturated rings. The average Bonchev–Trinajstić information content (AvgIpc) is 4.26. The van der Waals surface area contributed by atoms with E-state index in [0.29, 0.717) is 30.2 Å². The van der Waals surface area contributed by atoms with Crippen LogP contribution in [0.4, 0.5) is 0 Å². The summed E-state index contributed by atoms with van der Waals surface area (Å²) < 4.78 is 29.6. The van der Waals surface area contributed by atoms with Crippen LogP contribution in [0.15, 0.2) is 5.16 Å². The van der Waals surface area contributed by atoms with Gasteiger partial charge in [-0.2, -0.15) is 13.7 Å². The number of thioether (sulfide) groups is 1. The Morgan fingerprint density at radius 3 is 1.23 bits per heavy atom. The van der Waals surface area contributed by atoms with Gasteiger partial charge in [0.25, 0.3) is 10.1 Å². The van der Waals surface area contributed by atoms with E-state index in [9.17, 15) is 22.8 Å². The van der Waals surface area contributed by atoms with Crippen molar-refractivity contribution >= 4 is 57.2 Å². The molecule has 8 aliphatic rings. The quantitative estimate of drug-likeness (QED) is 0.0123. The molecule has 4 unspecified atom stereocenters. The van der Waals surface area contributed by atoms with Crippen LogP contribution in [0.3, 0.4) is 0 Å². The predicted molar refractivity (Wildman–Crippen MR) is 353 cm³/mol. The summed E-state index contributed by atoms with van der Waals surface area (Å²) in [5.74, 6) is 10.3. The summed E-state index contributed by atoms with van der Waals surface area (Å²) in [7, 11) is -3.39. The number of thiocyanates is 1. The molecule has 0 spiro atoms. The van der Waals surface area contributed by atoms with Crippen molar-refractivity contribution in [1.29, 1.82) is 5.26 Å². The Labute approximate surface area is 588 Å². The summed E-state index contributed by atoms with van der Waals surface area (Å²) in [6, 6.07) is 0. The van der Waals surface area contributed by atoms with Crippen LogP contribution in [-0.2, 0) is 107 Å². The molecule has 86 heavy (non-hydrogen) atoms.